The number of nitrogens with zero attached hydrogens (tertiary/aromatic N) is 1. The number of hydrogen-bond donors (Lipinski definition) is 2. The van der Waals surface area contributed by atoms with Crippen molar-refractivity contribution in [1.82, 2.24) is 5.32 Å². The van der Waals surface area contributed by atoms with E-state index in [1.54, 1.807) is 6.26 Å². The van der Waals surface area contributed by atoms with Crippen molar-refractivity contribution in [3.8, 4) is 0 Å². The van der Waals surface area contributed by atoms with Gasteiger partial charge in [-0.3, -0.25) is 4.79 Å². The molecule has 1 aliphatic heterocycles. The van der Waals surface area contributed by atoms with Gasteiger partial charge in [0.15, 0.2) is 5.76 Å². The van der Waals surface area contributed by atoms with Gasteiger partial charge in [0.2, 0.25) is 0 Å². The summed E-state index contributed by atoms with van der Waals surface area (Å²) in [5, 5.41) is 11.6. The molecule has 0 saturated heterocycles. The molecule has 1 aliphatic rings. The predicted molar refractivity (Wildman–Crippen MR) is 88.5 cm³/mol. The summed E-state index contributed by atoms with van der Waals surface area (Å²) in [4.78, 5) is 14.5. The van der Waals surface area contributed by atoms with Crippen molar-refractivity contribution in [2.24, 2.45) is 0 Å². The molecule has 0 radical (unpaired) electrons. The van der Waals surface area contributed by atoms with Crippen LogP contribution >= 0.6 is 0 Å². The third kappa shape index (κ3) is 3.24. The molecule has 1 amide bonds. The van der Waals surface area contributed by atoms with Crippen LogP contribution in [-0.4, -0.2) is 30.2 Å². The van der Waals surface area contributed by atoms with Crippen LogP contribution in [0.4, 0.5) is 5.69 Å². The van der Waals surface area contributed by atoms with Crippen LogP contribution < -0.4 is 10.2 Å². The highest BCUT2D eigenvalue weighted by Crippen LogP contribution is 2.33. The van der Waals surface area contributed by atoms with Gasteiger partial charge in [-0.15, -0.1) is 0 Å². The van der Waals surface area contributed by atoms with Gasteiger partial charge in [-0.05, 0) is 37.5 Å². The number of furan rings is 1. The van der Waals surface area contributed by atoms with Crippen molar-refractivity contribution in [2.75, 3.05) is 18.1 Å². The average Bonchev–Trinajstić information content (AvgIpc) is 3.13. The van der Waals surface area contributed by atoms with E-state index in [0.717, 1.165) is 12.0 Å². The lowest BCUT2D eigenvalue weighted by molar-refractivity contribution is 0.0922. The fourth-order valence-electron chi connectivity index (χ4n) is 3.07. The molecule has 0 fully saturated rings. The Morgan fingerprint density at radius 3 is 3.04 bits per heavy atom. The lowest BCUT2D eigenvalue weighted by Gasteiger charge is -2.24. The molecule has 0 spiro atoms. The van der Waals surface area contributed by atoms with Crippen molar-refractivity contribution < 1.29 is 14.3 Å². The van der Waals surface area contributed by atoms with Gasteiger partial charge >= 0.3 is 0 Å². The van der Waals surface area contributed by atoms with Crippen molar-refractivity contribution in [3.05, 3.63) is 53.5 Å². The first-order valence-corrected chi connectivity index (χ1v) is 8.00. The molecule has 0 saturated carbocycles. The van der Waals surface area contributed by atoms with E-state index in [9.17, 15) is 4.79 Å². The average molecular weight is 314 g/mol. The number of rotatable bonds is 6. The molecule has 3 rings (SSSR count). The van der Waals surface area contributed by atoms with Gasteiger partial charge in [-0.25, -0.2) is 0 Å². The Balaban J connectivity index is 1.74. The smallest absolute Gasteiger partial charge is 0.287 e. The van der Waals surface area contributed by atoms with Crippen molar-refractivity contribution in [2.45, 2.75) is 32.4 Å². The summed E-state index contributed by atoms with van der Waals surface area (Å²) in [6, 6.07) is 10.6. The fourth-order valence-corrected chi connectivity index (χ4v) is 3.07. The molecule has 1 atom stereocenters. The molecule has 122 valence electrons. The van der Waals surface area contributed by atoms with Crippen molar-refractivity contribution in [3.63, 3.8) is 0 Å². The van der Waals surface area contributed by atoms with Gasteiger partial charge in [0.05, 0.1) is 6.26 Å². The molecule has 2 heterocycles. The van der Waals surface area contributed by atoms with Crippen LogP contribution in [0.3, 0.4) is 0 Å². The molecular formula is C18H22N2O3. The maximum atomic E-state index is 12.2. The lowest BCUT2D eigenvalue weighted by atomic mass is 10.1. The van der Waals surface area contributed by atoms with E-state index in [2.05, 4.69) is 35.3 Å². The molecule has 0 bridgehead atoms. The number of carbonyl (C=O) groups is 1. The maximum absolute atomic E-state index is 12.2. The summed E-state index contributed by atoms with van der Waals surface area (Å²) in [6.07, 6.45) is 3.12. The summed E-state index contributed by atoms with van der Waals surface area (Å²) >= 11 is 0. The van der Waals surface area contributed by atoms with Gasteiger partial charge in [0, 0.05) is 37.0 Å². The number of anilines is 1. The summed E-state index contributed by atoms with van der Waals surface area (Å²) in [5.41, 5.74) is 3.46. The quantitative estimate of drug-likeness (QED) is 0.803. The third-order valence-corrected chi connectivity index (χ3v) is 4.26. The van der Waals surface area contributed by atoms with E-state index < -0.39 is 0 Å². The number of para-hydroxylation sites is 1. The topological polar surface area (TPSA) is 65.7 Å². The van der Waals surface area contributed by atoms with Crippen LogP contribution in [0.25, 0.3) is 0 Å². The molecule has 1 aromatic carbocycles. The first-order valence-electron chi connectivity index (χ1n) is 8.00. The van der Waals surface area contributed by atoms with Crippen LogP contribution in [0, 0.1) is 0 Å². The van der Waals surface area contributed by atoms with E-state index in [-0.39, 0.29) is 12.5 Å². The highest BCUT2D eigenvalue weighted by atomic mass is 16.3. The van der Waals surface area contributed by atoms with Gasteiger partial charge < -0.3 is 19.7 Å². The monoisotopic (exact) mass is 314 g/mol. The summed E-state index contributed by atoms with van der Waals surface area (Å²) in [5.74, 6) is 0.137. The molecule has 2 aromatic rings. The Morgan fingerprint density at radius 1 is 1.39 bits per heavy atom. The van der Waals surface area contributed by atoms with Gasteiger partial charge in [0.1, 0.15) is 0 Å². The van der Waals surface area contributed by atoms with E-state index in [4.69, 9.17) is 9.52 Å². The number of hydrogen-bond acceptors (Lipinski definition) is 4. The number of nitrogens with one attached hydrogen (secondary N) is 1. The second-order valence-corrected chi connectivity index (χ2v) is 5.92. The van der Waals surface area contributed by atoms with Gasteiger partial charge in [-0.1, -0.05) is 18.2 Å². The summed E-state index contributed by atoms with van der Waals surface area (Å²) in [6.45, 7) is 3.35. The predicted octanol–water partition coefficient (Wildman–Crippen LogP) is 2.34. The highest BCUT2D eigenvalue weighted by molar-refractivity contribution is 5.93. The third-order valence-electron chi connectivity index (χ3n) is 4.26. The minimum Gasteiger partial charge on any atom is -0.459 e. The molecule has 2 N–H and O–H groups in total. The summed E-state index contributed by atoms with van der Waals surface area (Å²) in [7, 11) is 0. The highest BCUT2D eigenvalue weighted by Gasteiger charge is 2.27. The molecule has 23 heavy (non-hydrogen) atoms. The second-order valence-electron chi connectivity index (χ2n) is 5.92. The zero-order valence-electron chi connectivity index (χ0n) is 13.3. The maximum Gasteiger partial charge on any atom is 0.287 e. The Bertz CT molecular complexity index is 680. The largest absolute Gasteiger partial charge is 0.459 e. The number of carbonyl (C=O) groups excluding carboxylic acids is 1. The minimum absolute atomic E-state index is 0.0629. The van der Waals surface area contributed by atoms with E-state index >= 15 is 0 Å². The molecule has 5 heteroatoms. The van der Waals surface area contributed by atoms with Crippen LogP contribution in [0.2, 0.25) is 0 Å². The standard InChI is InChI=1S/C18H22N2O3/c1-13-11-14-5-2-3-6-16(14)20(13)12-15-7-10-23-17(15)18(22)19-8-4-9-21/h2-3,5-7,10,13,21H,4,8-9,11-12H2,1H3,(H,19,22). The minimum atomic E-state index is -0.224. The number of fused-ring (bicyclic) bond motifs is 1. The Hall–Kier alpha value is -2.27. The van der Waals surface area contributed by atoms with E-state index in [1.165, 1.54) is 11.3 Å². The SMILES string of the molecule is CC1Cc2ccccc2N1Cc1ccoc1C(=O)NCCCO. The van der Waals surface area contributed by atoms with Crippen LogP contribution in [0.5, 0.6) is 0 Å². The van der Waals surface area contributed by atoms with Gasteiger partial charge in [0.25, 0.3) is 5.91 Å². The number of amides is 1. The fraction of sp³-hybridized carbons (Fsp3) is 0.389. The normalized spacial score (nSPS) is 16.4. The number of aliphatic hydroxyl groups excluding tert-OH is 1. The zero-order chi connectivity index (χ0) is 16.2. The zero-order valence-corrected chi connectivity index (χ0v) is 13.3. The summed E-state index contributed by atoms with van der Waals surface area (Å²) < 4.78 is 5.39. The van der Waals surface area contributed by atoms with E-state index in [0.29, 0.717) is 31.3 Å². The number of aliphatic hydroxyl groups is 1. The van der Waals surface area contributed by atoms with Crippen molar-refractivity contribution >= 4 is 11.6 Å². The molecule has 5 nitrogen and oxygen atoms in total. The Morgan fingerprint density at radius 2 is 2.22 bits per heavy atom. The second kappa shape index (κ2) is 6.87. The van der Waals surface area contributed by atoms with Crippen LogP contribution in [-0.2, 0) is 13.0 Å². The van der Waals surface area contributed by atoms with Crippen LogP contribution in [0.15, 0.2) is 41.0 Å². The molecule has 1 unspecified atom stereocenters. The Labute approximate surface area is 135 Å². The lowest BCUT2D eigenvalue weighted by Crippen LogP contribution is -2.30. The molecular weight excluding hydrogens is 292 g/mol. The first kappa shape index (κ1) is 15.6. The van der Waals surface area contributed by atoms with Gasteiger partial charge in [-0.2, -0.15) is 0 Å². The molecule has 0 aliphatic carbocycles. The van der Waals surface area contributed by atoms with Crippen molar-refractivity contribution in [1.29, 1.82) is 0 Å². The number of benzene rings is 1. The first-order chi connectivity index (χ1) is 11.2. The van der Waals surface area contributed by atoms with E-state index in [1.807, 2.05) is 12.1 Å². The Kier molecular flexibility index (Phi) is 4.67. The molecule has 1 aromatic heterocycles. The van der Waals surface area contributed by atoms with Crippen LogP contribution in [0.1, 0.15) is 35.0 Å².